The van der Waals surface area contributed by atoms with Crippen molar-refractivity contribution in [1.82, 2.24) is 9.97 Å². The number of furan rings is 1. The Morgan fingerprint density at radius 1 is 1.22 bits per heavy atom. The second-order valence-electron chi connectivity index (χ2n) is 5.75. The highest BCUT2D eigenvalue weighted by Gasteiger charge is 2.21. The zero-order valence-electron chi connectivity index (χ0n) is 13.9. The highest BCUT2D eigenvalue weighted by Crippen LogP contribution is 2.28. The van der Waals surface area contributed by atoms with E-state index in [4.69, 9.17) is 16.0 Å². The van der Waals surface area contributed by atoms with E-state index in [1.807, 2.05) is 12.1 Å². The number of carbonyl (C=O) groups is 1. The number of pyridine rings is 1. The summed E-state index contributed by atoms with van der Waals surface area (Å²) >= 11 is 7.43. The molecule has 0 aliphatic carbocycles. The molecule has 3 N–H and O–H groups in total. The van der Waals surface area contributed by atoms with Crippen LogP contribution in [0.25, 0.3) is 11.3 Å². The third-order valence-corrected chi connectivity index (χ3v) is 5.21. The third-order valence-electron chi connectivity index (χ3n) is 3.98. The number of aromatic amines is 2. The molecule has 4 rings (SSSR count). The topological polar surface area (TPSA) is 90.9 Å². The van der Waals surface area contributed by atoms with Gasteiger partial charge in [-0.25, -0.2) is 0 Å². The summed E-state index contributed by atoms with van der Waals surface area (Å²) in [5.41, 5.74) is 0.877. The summed E-state index contributed by atoms with van der Waals surface area (Å²) in [5.74, 6) is 0.522. The van der Waals surface area contributed by atoms with E-state index in [-0.39, 0.29) is 17.1 Å². The zero-order valence-corrected chi connectivity index (χ0v) is 15.5. The molecule has 8 heteroatoms. The number of ketones is 1. The number of thiophene rings is 1. The quantitative estimate of drug-likeness (QED) is 0.416. The van der Waals surface area contributed by atoms with Crippen molar-refractivity contribution in [3.05, 3.63) is 85.8 Å². The second kappa shape index (κ2) is 7.30. The van der Waals surface area contributed by atoms with Crippen LogP contribution in [-0.4, -0.2) is 15.8 Å². The number of nitrogens with one attached hydrogen (secondary N) is 3. The molecule has 0 atom stereocenters. The van der Waals surface area contributed by atoms with Gasteiger partial charge in [0, 0.05) is 11.1 Å². The minimum Gasteiger partial charge on any atom is -0.461 e. The van der Waals surface area contributed by atoms with Crippen molar-refractivity contribution in [2.75, 3.05) is 5.32 Å². The molecule has 0 bridgehead atoms. The van der Waals surface area contributed by atoms with Gasteiger partial charge in [0.2, 0.25) is 5.78 Å². The number of hydrogen-bond donors (Lipinski definition) is 3. The first kappa shape index (κ1) is 17.4. The number of halogens is 1. The summed E-state index contributed by atoms with van der Waals surface area (Å²) in [6.45, 7) is 0.539. The maximum atomic E-state index is 12.8. The maximum absolute atomic E-state index is 12.8. The fraction of sp³-hybridized carbons (Fsp3) is 0.0526. The van der Waals surface area contributed by atoms with E-state index in [0.717, 1.165) is 4.88 Å². The van der Waals surface area contributed by atoms with Crippen LogP contribution in [0.2, 0.25) is 4.34 Å². The number of H-pyrrole nitrogens is 2. The van der Waals surface area contributed by atoms with Crippen molar-refractivity contribution in [2.24, 2.45) is 0 Å². The molecule has 136 valence electrons. The van der Waals surface area contributed by atoms with Crippen molar-refractivity contribution in [1.29, 1.82) is 0 Å². The molecule has 0 radical (unpaired) electrons. The van der Waals surface area contributed by atoms with Crippen molar-refractivity contribution >= 4 is 34.5 Å². The number of anilines is 1. The molecule has 0 spiro atoms. The maximum Gasteiger partial charge on any atom is 0.257 e. The van der Waals surface area contributed by atoms with Gasteiger partial charge in [0.15, 0.2) is 5.76 Å². The average molecular weight is 400 g/mol. The standard InChI is InChI=1S/C19H14ClN3O3S/c20-15-6-5-11(27-15)10-22-16-9-13(18(24)14-4-2-8-26-14)17(23-16)12-3-1-7-21-19(12)25/h1-9,22-23H,10H2,(H,21,25). The molecule has 0 aliphatic rings. The molecule has 0 aliphatic heterocycles. The van der Waals surface area contributed by atoms with Crippen LogP contribution in [0.4, 0.5) is 5.82 Å². The van der Waals surface area contributed by atoms with Crippen LogP contribution < -0.4 is 10.9 Å². The smallest absolute Gasteiger partial charge is 0.257 e. The molecule has 0 saturated carbocycles. The first-order chi connectivity index (χ1) is 13.1. The molecule has 4 aromatic heterocycles. The molecule has 6 nitrogen and oxygen atoms in total. The predicted octanol–water partition coefficient (Wildman–Crippen LogP) is 4.52. The Morgan fingerprint density at radius 2 is 2.11 bits per heavy atom. The van der Waals surface area contributed by atoms with Crippen LogP contribution in [0.1, 0.15) is 21.0 Å². The largest absolute Gasteiger partial charge is 0.461 e. The Kier molecular flexibility index (Phi) is 4.70. The second-order valence-corrected chi connectivity index (χ2v) is 7.55. The van der Waals surface area contributed by atoms with Crippen molar-refractivity contribution in [3.63, 3.8) is 0 Å². The summed E-state index contributed by atoms with van der Waals surface area (Å²) in [6, 6.07) is 12.1. The van der Waals surface area contributed by atoms with E-state index in [0.29, 0.717) is 33.5 Å². The van der Waals surface area contributed by atoms with Gasteiger partial charge in [-0.2, -0.15) is 0 Å². The molecular formula is C19H14ClN3O3S. The molecule has 0 fully saturated rings. The Labute approximate surface area is 162 Å². The summed E-state index contributed by atoms with van der Waals surface area (Å²) in [6.07, 6.45) is 2.98. The lowest BCUT2D eigenvalue weighted by Gasteiger charge is -2.02. The molecule has 27 heavy (non-hydrogen) atoms. The molecule has 0 aromatic carbocycles. The minimum atomic E-state index is -0.304. The van der Waals surface area contributed by atoms with Crippen LogP contribution in [0.5, 0.6) is 0 Å². The van der Waals surface area contributed by atoms with Gasteiger partial charge < -0.3 is 19.7 Å². The fourth-order valence-corrected chi connectivity index (χ4v) is 3.76. The Bertz CT molecular complexity index is 1140. The van der Waals surface area contributed by atoms with Crippen molar-refractivity contribution < 1.29 is 9.21 Å². The van der Waals surface area contributed by atoms with Gasteiger partial charge in [-0.15, -0.1) is 11.3 Å². The first-order valence-electron chi connectivity index (χ1n) is 8.09. The molecule has 0 amide bonds. The van der Waals surface area contributed by atoms with Gasteiger partial charge >= 0.3 is 0 Å². The molecule has 4 aromatic rings. The van der Waals surface area contributed by atoms with Gasteiger partial charge in [-0.1, -0.05) is 11.6 Å². The van der Waals surface area contributed by atoms with E-state index in [9.17, 15) is 9.59 Å². The van der Waals surface area contributed by atoms with Crippen molar-refractivity contribution in [3.8, 4) is 11.3 Å². The number of aromatic nitrogens is 2. The van der Waals surface area contributed by atoms with E-state index in [2.05, 4.69) is 15.3 Å². The van der Waals surface area contributed by atoms with Gasteiger partial charge in [0.05, 0.1) is 34.0 Å². The first-order valence-corrected chi connectivity index (χ1v) is 9.28. The van der Waals surface area contributed by atoms with Gasteiger partial charge in [-0.05, 0) is 42.5 Å². The monoisotopic (exact) mass is 399 g/mol. The zero-order chi connectivity index (χ0) is 18.8. The van der Waals surface area contributed by atoms with E-state index in [1.165, 1.54) is 17.6 Å². The summed E-state index contributed by atoms with van der Waals surface area (Å²) in [4.78, 5) is 31.9. The van der Waals surface area contributed by atoms with Crippen LogP contribution in [0.15, 0.2) is 64.1 Å². The lowest BCUT2D eigenvalue weighted by atomic mass is 10.1. The predicted molar refractivity (Wildman–Crippen MR) is 106 cm³/mol. The number of hydrogen-bond acceptors (Lipinski definition) is 5. The van der Waals surface area contributed by atoms with Crippen LogP contribution in [0.3, 0.4) is 0 Å². The summed E-state index contributed by atoms with van der Waals surface area (Å²) in [7, 11) is 0. The minimum absolute atomic E-state index is 0.208. The Hall–Kier alpha value is -3.03. The lowest BCUT2D eigenvalue weighted by Crippen LogP contribution is -2.10. The van der Waals surface area contributed by atoms with E-state index >= 15 is 0 Å². The van der Waals surface area contributed by atoms with Gasteiger partial charge in [0.1, 0.15) is 5.82 Å². The molecule has 0 saturated heterocycles. The van der Waals surface area contributed by atoms with E-state index in [1.54, 1.807) is 36.5 Å². The Balaban J connectivity index is 1.71. The van der Waals surface area contributed by atoms with Crippen LogP contribution in [0, 0.1) is 0 Å². The number of rotatable bonds is 6. The van der Waals surface area contributed by atoms with Crippen molar-refractivity contribution in [2.45, 2.75) is 6.54 Å². The Morgan fingerprint density at radius 3 is 2.81 bits per heavy atom. The molecular weight excluding hydrogens is 386 g/mol. The normalized spacial score (nSPS) is 10.9. The SMILES string of the molecule is O=C(c1ccco1)c1cc(NCc2ccc(Cl)s2)[nH]c1-c1ccc[nH]c1=O. The molecule has 0 unspecified atom stereocenters. The van der Waals surface area contributed by atoms with E-state index < -0.39 is 0 Å². The van der Waals surface area contributed by atoms with Gasteiger partial charge in [-0.3, -0.25) is 9.59 Å². The third kappa shape index (κ3) is 3.60. The highest BCUT2D eigenvalue weighted by molar-refractivity contribution is 7.16. The van der Waals surface area contributed by atoms with Gasteiger partial charge in [0.25, 0.3) is 5.56 Å². The number of carbonyl (C=O) groups excluding carboxylic acids is 1. The summed E-state index contributed by atoms with van der Waals surface area (Å²) < 4.78 is 5.94. The lowest BCUT2D eigenvalue weighted by molar-refractivity contribution is 0.101. The fourth-order valence-electron chi connectivity index (χ4n) is 2.73. The molecule has 4 heterocycles. The van der Waals surface area contributed by atoms with Crippen LogP contribution >= 0.6 is 22.9 Å². The summed E-state index contributed by atoms with van der Waals surface area (Å²) in [5, 5.41) is 3.23. The highest BCUT2D eigenvalue weighted by atomic mass is 35.5. The average Bonchev–Trinajstić information content (AvgIpc) is 3.41. The van der Waals surface area contributed by atoms with Crippen LogP contribution in [-0.2, 0) is 6.54 Å².